The van der Waals surface area contributed by atoms with Gasteiger partial charge in [-0.3, -0.25) is 0 Å². The molecule has 2 N–H and O–H groups in total. The Labute approximate surface area is 121 Å². The van der Waals surface area contributed by atoms with Gasteiger partial charge in [0.05, 0.1) is 18.3 Å². The summed E-state index contributed by atoms with van der Waals surface area (Å²) in [5, 5.41) is 12.6. The van der Waals surface area contributed by atoms with Crippen molar-refractivity contribution in [2.45, 2.75) is 45.6 Å². The summed E-state index contributed by atoms with van der Waals surface area (Å²) in [6.07, 6.45) is 0.208. The Morgan fingerprint density at radius 2 is 1.95 bits per heavy atom. The number of anilines is 1. The van der Waals surface area contributed by atoms with Crippen LogP contribution < -0.4 is 10.2 Å². The van der Waals surface area contributed by atoms with Gasteiger partial charge in [-0.05, 0) is 32.4 Å². The highest BCUT2D eigenvalue weighted by Gasteiger charge is 2.23. The molecule has 1 aliphatic rings. The zero-order valence-electron chi connectivity index (χ0n) is 12.7. The first kappa shape index (κ1) is 15.3. The molecule has 1 aromatic rings. The largest absolute Gasteiger partial charge is 0.392 e. The maximum absolute atomic E-state index is 9.33. The third-order valence-electron chi connectivity index (χ3n) is 3.51. The SMILES string of the molecule is CC(O)CNCc1ccccc1N1CC(C)OC(C)C1. The van der Waals surface area contributed by atoms with Gasteiger partial charge < -0.3 is 20.1 Å². The van der Waals surface area contributed by atoms with Crippen LogP contribution in [0.15, 0.2) is 24.3 Å². The molecule has 20 heavy (non-hydrogen) atoms. The highest BCUT2D eigenvalue weighted by Crippen LogP contribution is 2.24. The van der Waals surface area contributed by atoms with Gasteiger partial charge in [0.2, 0.25) is 0 Å². The molecular formula is C16H26N2O2. The zero-order chi connectivity index (χ0) is 14.5. The Bertz CT molecular complexity index is 413. The summed E-state index contributed by atoms with van der Waals surface area (Å²) in [6, 6.07) is 8.47. The number of morpholine rings is 1. The van der Waals surface area contributed by atoms with Crippen LogP contribution in [0.2, 0.25) is 0 Å². The van der Waals surface area contributed by atoms with E-state index in [0.29, 0.717) is 6.54 Å². The van der Waals surface area contributed by atoms with E-state index in [1.807, 2.05) is 0 Å². The Morgan fingerprint density at radius 3 is 2.60 bits per heavy atom. The van der Waals surface area contributed by atoms with Gasteiger partial charge in [-0.15, -0.1) is 0 Å². The number of nitrogens with one attached hydrogen (secondary N) is 1. The molecule has 0 aliphatic carbocycles. The average molecular weight is 278 g/mol. The summed E-state index contributed by atoms with van der Waals surface area (Å²) >= 11 is 0. The van der Waals surface area contributed by atoms with Gasteiger partial charge in [0.15, 0.2) is 0 Å². The molecule has 4 heteroatoms. The number of ether oxygens (including phenoxy) is 1. The van der Waals surface area contributed by atoms with Gasteiger partial charge in [-0.25, -0.2) is 0 Å². The van der Waals surface area contributed by atoms with Crippen molar-refractivity contribution in [2.75, 3.05) is 24.5 Å². The molecule has 0 bridgehead atoms. The predicted molar refractivity (Wildman–Crippen MR) is 82.1 cm³/mol. The third-order valence-corrected chi connectivity index (χ3v) is 3.51. The highest BCUT2D eigenvalue weighted by atomic mass is 16.5. The first-order valence-corrected chi connectivity index (χ1v) is 7.43. The van der Waals surface area contributed by atoms with Crippen molar-refractivity contribution < 1.29 is 9.84 Å². The summed E-state index contributed by atoms with van der Waals surface area (Å²) in [5.74, 6) is 0. The first-order chi connectivity index (χ1) is 9.56. The maximum atomic E-state index is 9.33. The van der Waals surface area contributed by atoms with Crippen molar-refractivity contribution in [2.24, 2.45) is 0 Å². The van der Waals surface area contributed by atoms with E-state index >= 15 is 0 Å². The van der Waals surface area contributed by atoms with Crippen LogP contribution >= 0.6 is 0 Å². The van der Waals surface area contributed by atoms with Crippen molar-refractivity contribution in [1.82, 2.24) is 5.32 Å². The molecule has 0 saturated carbocycles. The van der Waals surface area contributed by atoms with Gasteiger partial charge in [-0.1, -0.05) is 18.2 Å². The van der Waals surface area contributed by atoms with E-state index in [2.05, 4.69) is 48.3 Å². The number of nitrogens with zero attached hydrogens (tertiary/aromatic N) is 1. The third kappa shape index (κ3) is 4.20. The van der Waals surface area contributed by atoms with Crippen molar-refractivity contribution in [1.29, 1.82) is 0 Å². The minimum atomic E-state index is -0.314. The molecule has 4 nitrogen and oxygen atoms in total. The normalized spacial score (nSPS) is 24.7. The number of aliphatic hydroxyl groups excluding tert-OH is 1. The molecule has 2 rings (SSSR count). The number of aliphatic hydroxyl groups is 1. The summed E-state index contributed by atoms with van der Waals surface area (Å²) in [7, 11) is 0. The van der Waals surface area contributed by atoms with Crippen molar-refractivity contribution in [3.05, 3.63) is 29.8 Å². The summed E-state index contributed by atoms with van der Waals surface area (Å²) in [4.78, 5) is 2.40. The van der Waals surface area contributed by atoms with Gasteiger partial charge in [0.25, 0.3) is 0 Å². The standard InChI is InChI=1S/C16H26N2O2/c1-12(19)8-17-9-15-6-4-5-7-16(15)18-10-13(2)20-14(3)11-18/h4-7,12-14,17,19H,8-11H2,1-3H3. The van der Waals surface area contributed by atoms with E-state index in [0.717, 1.165) is 19.6 Å². The fourth-order valence-corrected chi connectivity index (χ4v) is 2.76. The van der Waals surface area contributed by atoms with Crippen LogP contribution in [-0.2, 0) is 11.3 Å². The second-order valence-corrected chi connectivity index (χ2v) is 5.77. The van der Waals surface area contributed by atoms with Crippen molar-refractivity contribution in [3.8, 4) is 0 Å². The zero-order valence-corrected chi connectivity index (χ0v) is 12.7. The van der Waals surface area contributed by atoms with Crippen LogP contribution in [0.25, 0.3) is 0 Å². The molecule has 3 atom stereocenters. The van der Waals surface area contributed by atoms with Gasteiger partial charge >= 0.3 is 0 Å². The Morgan fingerprint density at radius 1 is 1.30 bits per heavy atom. The van der Waals surface area contributed by atoms with E-state index in [-0.39, 0.29) is 18.3 Å². The van der Waals surface area contributed by atoms with Crippen molar-refractivity contribution >= 4 is 5.69 Å². The molecule has 1 aliphatic heterocycles. The van der Waals surface area contributed by atoms with E-state index in [1.54, 1.807) is 6.92 Å². The smallest absolute Gasteiger partial charge is 0.0726 e. The molecular weight excluding hydrogens is 252 g/mol. The van der Waals surface area contributed by atoms with Crippen LogP contribution in [-0.4, -0.2) is 43.1 Å². The average Bonchev–Trinajstić information content (AvgIpc) is 2.37. The number of para-hydroxylation sites is 1. The van der Waals surface area contributed by atoms with E-state index in [9.17, 15) is 5.11 Å². The number of hydrogen-bond acceptors (Lipinski definition) is 4. The molecule has 0 spiro atoms. The molecule has 1 heterocycles. The van der Waals surface area contributed by atoms with Crippen LogP contribution in [0, 0.1) is 0 Å². The lowest BCUT2D eigenvalue weighted by atomic mass is 10.1. The second-order valence-electron chi connectivity index (χ2n) is 5.77. The minimum Gasteiger partial charge on any atom is -0.392 e. The van der Waals surface area contributed by atoms with E-state index in [4.69, 9.17) is 4.74 Å². The van der Waals surface area contributed by atoms with Gasteiger partial charge in [0, 0.05) is 31.9 Å². The Hall–Kier alpha value is -1.10. The first-order valence-electron chi connectivity index (χ1n) is 7.43. The number of hydrogen-bond donors (Lipinski definition) is 2. The molecule has 0 radical (unpaired) electrons. The lowest BCUT2D eigenvalue weighted by Gasteiger charge is -2.37. The Kier molecular flexibility index (Phi) is 5.40. The topological polar surface area (TPSA) is 44.7 Å². The predicted octanol–water partition coefficient (Wildman–Crippen LogP) is 1.77. The lowest BCUT2D eigenvalue weighted by Crippen LogP contribution is -2.46. The van der Waals surface area contributed by atoms with Gasteiger partial charge in [0.1, 0.15) is 0 Å². The van der Waals surface area contributed by atoms with E-state index < -0.39 is 0 Å². The molecule has 1 aromatic carbocycles. The fraction of sp³-hybridized carbons (Fsp3) is 0.625. The fourth-order valence-electron chi connectivity index (χ4n) is 2.76. The molecule has 0 amide bonds. The summed E-state index contributed by atoms with van der Waals surface area (Å²) in [6.45, 7) is 9.29. The van der Waals surface area contributed by atoms with Crippen molar-refractivity contribution in [3.63, 3.8) is 0 Å². The molecule has 112 valence electrons. The van der Waals surface area contributed by atoms with Gasteiger partial charge in [-0.2, -0.15) is 0 Å². The summed E-state index contributed by atoms with van der Waals surface area (Å²) < 4.78 is 5.80. The van der Waals surface area contributed by atoms with Crippen LogP contribution in [0.3, 0.4) is 0 Å². The minimum absolute atomic E-state index is 0.261. The number of rotatable bonds is 5. The van der Waals surface area contributed by atoms with Crippen LogP contribution in [0.1, 0.15) is 26.3 Å². The van der Waals surface area contributed by atoms with E-state index in [1.165, 1.54) is 11.3 Å². The number of benzene rings is 1. The highest BCUT2D eigenvalue weighted by molar-refractivity contribution is 5.54. The lowest BCUT2D eigenvalue weighted by molar-refractivity contribution is -0.00526. The Balaban J connectivity index is 2.06. The molecule has 0 aromatic heterocycles. The molecule has 1 fully saturated rings. The molecule has 1 saturated heterocycles. The van der Waals surface area contributed by atoms with Crippen LogP contribution in [0.5, 0.6) is 0 Å². The summed E-state index contributed by atoms with van der Waals surface area (Å²) in [5.41, 5.74) is 2.54. The van der Waals surface area contributed by atoms with Crippen LogP contribution in [0.4, 0.5) is 5.69 Å². The molecule has 3 unspecified atom stereocenters. The quantitative estimate of drug-likeness (QED) is 0.861. The second kappa shape index (κ2) is 7.07. The maximum Gasteiger partial charge on any atom is 0.0726 e. The monoisotopic (exact) mass is 278 g/mol.